The average molecular weight is 2120 g/mol. The van der Waals surface area contributed by atoms with Gasteiger partial charge in [0.1, 0.15) is 86.5 Å². The first kappa shape index (κ1) is 106. The first-order chi connectivity index (χ1) is 65.1. The molecule has 2 heterocycles. The zero-order chi connectivity index (χ0) is 99.3. The van der Waals surface area contributed by atoms with Gasteiger partial charge < -0.3 is 77.4 Å². The number of phenolic OH excluding ortho intramolecular Hbond substituents is 6. The number of nitrogens with zero attached hydrogens (tertiary/aromatic N) is 1. The highest BCUT2D eigenvalue weighted by Crippen LogP contribution is 2.41. The van der Waals surface area contributed by atoms with E-state index in [4.69, 9.17) is 156 Å². The van der Waals surface area contributed by atoms with Crippen LogP contribution in [0.2, 0.25) is 65.3 Å². The van der Waals surface area contributed by atoms with E-state index in [1.54, 1.807) is 123 Å². The molecule has 0 atom stereocenters. The number of halogens is 18. The van der Waals surface area contributed by atoms with Crippen molar-refractivity contribution in [2.75, 3.05) is 38.5 Å². The topological polar surface area (TPSA) is 286 Å². The number of H-pyrrole nitrogens is 1. The number of aliphatic hydroxyl groups excluding tert-OH is 1. The number of aromatic hydroxyl groups is 6. The number of Topliss-reactive ketones (excluding diaryl/α,β-unsaturated/α-hetero) is 2. The maximum atomic E-state index is 14.2. The number of aliphatic hydroxyl groups is 1. The summed E-state index contributed by atoms with van der Waals surface area (Å²) >= 11 is 76.7. The van der Waals surface area contributed by atoms with Crippen LogP contribution >= 0.6 is 151 Å². The van der Waals surface area contributed by atoms with Crippen molar-refractivity contribution in [2.45, 2.75) is 73.4 Å². The minimum atomic E-state index is -0.589. The van der Waals surface area contributed by atoms with Crippen LogP contribution in [0.1, 0.15) is 94.7 Å². The number of imidazole rings is 1. The Kier molecular flexibility index (Phi) is 37.8. The molecule has 18 nitrogen and oxygen atoms in total. The lowest BCUT2D eigenvalue weighted by atomic mass is 9.98. The maximum absolute atomic E-state index is 14.2. The third-order valence-electron chi connectivity index (χ3n) is 20.4. The van der Waals surface area contributed by atoms with Crippen LogP contribution in [0.25, 0.3) is 22.4 Å². The molecule has 1 aliphatic rings. The minimum Gasteiger partial charge on any atom is -0.506 e. The lowest BCUT2D eigenvalue weighted by molar-refractivity contribution is 0.101. The summed E-state index contributed by atoms with van der Waals surface area (Å²) in [7, 11) is 0. The summed E-state index contributed by atoms with van der Waals surface area (Å²) in [4.78, 5) is 33.1. The molecule has 16 rings (SSSR count). The number of aromatic amines is 1. The van der Waals surface area contributed by atoms with Crippen LogP contribution in [0.5, 0.6) is 40.2 Å². The zero-order valence-electron chi connectivity index (χ0n) is 72.2. The van der Waals surface area contributed by atoms with Crippen molar-refractivity contribution in [3.63, 3.8) is 0 Å². The highest BCUT2D eigenvalue weighted by atomic mass is 35.5. The van der Waals surface area contributed by atoms with Gasteiger partial charge >= 0.3 is 0 Å². The number of rotatable bonds is 23. The number of carbonyl (C=O) groups excluding carboxylic acids is 2. The van der Waals surface area contributed by atoms with E-state index < -0.39 is 29.0 Å². The lowest BCUT2D eigenvalue weighted by Crippen LogP contribution is -2.07. The Bertz CT molecular complexity index is 6880. The number of phenols is 6. The van der Waals surface area contributed by atoms with E-state index >= 15 is 0 Å². The van der Waals surface area contributed by atoms with E-state index in [-0.39, 0.29) is 124 Å². The molecule has 14 aromatic carbocycles. The molecule has 0 spiro atoms. The van der Waals surface area contributed by atoms with Gasteiger partial charge in [0.25, 0.3) is 0 Å². The van der Waals surface area contributed by atoms with Crippen molar-refractivity contribution in [1.29, 1.82) is 0 Å². The second-order valence-corrected chi connectivity index (χ2v) is 35.9. The molecule has 36 heteroatoms. The van der Waals surface area contributed by atoms with Gasteiger partial charge in [-0.2, -0.15) is 0 Å². The molecule has 14 N–H and O–H groups in total. The largest absolute Gasteiger partial charge is 0.506 e. The van der Waals surface area contributed by atoms with E-state index in [1.807, 2.05) is 37.3 Å². The summed E-state index contributed by atoms with van der Waals surface area (Å²) in [6.07, 6.45) is 0.806. The fourth-order valence-electron chi connectivity index (χ4n) is 13.3. The number of allylic oxidation sites excluding steroid dienone is 1. The molecular formula is C101H80Cl13F5N8O10. The summed E-state index contributed by atoms with van der Waals surface area (Å²) in [5.41, 5.74) is 12.0. The van der Waals surface area contributed by atoms with E-state index in [9.17, 15) is 67.3 Å². The molecule has 0 fully saturated rings. The number of hydrogen-bond donors (Lipinski definition) is 14. The van der Waals surface area contributed by atoms with Crippen molar-refractivity contribution in [3.8, 4) is 40.2 Å². The van der Waals surface area contributed by atoms with E-state index in [0.29, 0.717) is 151 Å². The van der Waals surface area contributed by atoms with E-state index in [0.717, 1.165) is 47.2 Å². The first-order valence-electron chi connectivity index (χ1n) is 40.9. The number of carbonyl (C=O) groups is 2. The van der Waals surface area contributed by atoms with Crippen molar-refractivity contribution in [1.82, 2.24) is 9.97 Å². The van der Waals surface area contributed by atoms with Crippen LogP contribution < -0.4 is 36.6 Å². The van der Waals surface area contributed by atoms with Gasteiger partial charge in [0.2, 0.25) is 5.78 Å². The van der Waals surface area contributed by atoms with Crippen LogP contribution in [-0.2, 0) is 45.7 Å². The predicted octanol–water partition coefficient (Wildman–Crippen LogP) is 31.5. The third kappa shape index (κ3) is 29.7. The number of nitrogens with one attached hydrogen (secondary N) is 7. The predicted molar refractivity (Wildman–Crippen MR) is 546 cm³/mol. The van der Waals surface area contributed by atoms with Crippen LogP contribution in [0.3, 0.4) is 0 Å². The summed E-state index contributed by atoms with van der Waals surface area (Å²) in [6.45, 7) is 9.09. The molecule has 0 saturated heterocycles. The first-order valence-corrected chi connectivity index (χ1v) is 45.8. The summed E-state index contributed by atoms with van der Waals surface area (Å²) in [6, 6.07) is 59.6. The van der Waals surface area contributed by atoms with Gasteiger partial charge in [-0.15, -0.1) is 0 Å². The molecule has 710 valence electrons. The molecule has 0 radical (unpaired) electrons. The number of benzene rings is 14. The molecule has 15 aromatic rings. The Morgan fingerprint density at radius 1 is 0.380 bits per heavy atom. The molecule has 137 heavy (non-hydrogen) atoms. The Morgan fingerprint density at radius 2 is 0.803 bits per heavy atom. The van der Waals surface area contributed by atoms with Gasteiger partial charge in [0.05, 0.1) is 53.5 Å². The molecule has 1 aliphatic heterocycles. The Morgan fingerprint density at radius 3 is 1.25 bits per heavy atom. The third-order valence-corrected chi connectivity index (χ3v) is 23.8. The molecule has 0 bridgehead atoms. The van der Waals surface area contributed by atoms with E-state index in [1.165, 1.54) is 79.7 Å². The quantitative estimate of drug-likeness (QED) is 0.0123. The van der Waals surface area contributed by atoms with Crippen LogP contribution in [0, 0.1) is 49.9 Å². The van der Waals surface area contributed by atoms with Crippen molar-refractivity contribution >= 4 is 219 Å². The smallest absolute Gasteiger partial charge is 0.200 e. The standard InChI is InChI=1S/C30H22Cl2FN3O3.C17H15Cl2NO3.C14H12Cl3NO.C14H12Cl2FNO.C13H9Cl2F2NO.C13H10Cl2FNO/c1-16-9-18(12-21(33)10-16)29(39)26(28(38)17-5-3-2-4-6-17)30-35-24-8-7-22(14-25(24)36-30)34-15-19-11-20(31)13-23(32)27(19)37;1-9(21)13-5-10-2-3-23-16(10)7-15(13)20-8-11-4-12(18)6-14(19)17(11)22;1-8-2-3-11(6-12(8)16)18-7-9-4-10(15)5-13(17)14(9)19;1-8-2-3-11(6-13(8)17)18-7-9-4-10(15)5-12(16)14(9)19;14-8-3-7(13(19)10(15)4-8)6-18-12-5-9(16)1-2-11(12)17;14-9-4-8(13(18)12(15)5-9)7-17-11-3-1-2-10(16)6-11/h2-14,34,37,39H,15H2,1H3,(H,35,36);4-7,20,22H,2-3,8H2,1H3;2*2-6,18-19H,7H2,1H3;1-5,18-19H,6H2;1-6,17-18H,7H2. The second kappa shape index (κ2) is 49.0. The summed E-state index contributed by atoms with van der Waals surface area (Å²) in [5, 5.41) is 93.1. The van der Waals surface area contributed by atoms with Crippen molar-refractivity contribution in [3.05, 3.63) is 403 Å². The van der Waals surface area contributed by atoms with Gasteiger partial charge in [-0.3, -0.25) is 9.59 Å². The number of fused-ring (bicyclic) bond motifs is 2. The highest BCUT2D eigenvalue weighted by Gasteiger charge is 2.26. The number of aryl methyl sites for hydroxylation is 3. The monoisotopic (exact) mass is 2110 g/mol. The van der Waals surface area contributed by atoms with E-state index in [2.05, 4.69) is 41.9 Å². The fourth-order valence-corrected chi connectivity index (χ4v) is 16.7. The van der Waals surface area contributed by atoms with Gasteiger partial charge in [0, 0.05) is 165 Å². The number of hydrogen-bond acceptors (Lipinski definition) is 17. The number of ether oxygens (including phenoxy) is 1. The fraction of sp³-hybridized carbons (Fsp3) is 0.119. The van der Waals surface area contributed by atoms with Crippen LogP contribution in [-0.4, -0.2) is 63.9 Å². The van der Waals surface area contributed by atoms with Gasteiger partial charge in [-0.1, -0.05) is 199 Å². The Labute approximate surface area is 849 Å². The lowest BCUT2D eigenvalue weighted by Gasteiger charge is -2.14. The Hall–Kier alpha value is -11.8. The molecular weight excluding hydrogens is 2040 g/mol. The zero-order valence-corrected chi connectivity index (χ0v) is 82.0. The minimum absolute atomic E-state index is 0.00417. The van der Waals surface area contributed by atoms with Crippen LogP contribution in [0.15, 0.2) is 231 Å². The molecule has 1 aromatic heterocycles. The molecule has 0 saturated carbocycles. The Balaban J connectivity index is 0.000000162. The molecule has 0 amide bonds. The number of anilines is 6. The molecule has 0 aliphatic carbocycles. The van der Waals surface area contributed by atoms with Crippen molar-refractivity contribution < 1.29 is 72.0 Å². The SMILES string of the molecule is CC(=O)c1cc2c(cc1NCc1cc(Cl)cc(Cl)c1O)OCC2.Cc1cc(F)cc(C(O)=C(C(=O)c2ccccc2)c2nc3ccc(NCc4cc(Cl)cc(Cl)c4O)cc3[nH]2)c1.Cc1ccc(NCc2cc(Cl)cc(Cl)c2O)cc1Cl.Cc1ccc(NCc2cc(Cl)cc(Cl)c2O)cc1F.Oc1c(Cl)cc(Cl)cc1CNc1cc(F)ccc1F.Oc1c(Cl)cc(Cl)cc1CNc1cccc(F)c1. The highest BCUT2D eigenvalue weighted by molar-refractivity contribution is 6.39. The van der Waals surface area contributed by atoms with Gasteiger partial charge in [-0.05, 0) is 226 Å². The maximum Gasteiger partial charge on any atom is 0.200 e. The molecule has 0 unspecified atom stereocenters. The number of ketones is 2. The normalized spacial score (nSPS) is 11.3. The summed E-state index contributed by atoms with van der Waals surface area (Å²) in [5.74, 6) is -2.49. The second-order valence-electron chi connectivity index (χ2n) is 30.5. The number of aromatic nitrogens is 2. The van der Waals surface area contributed by atoms with Gasteiger partial charge in [0.15, 0.2) is 5.78 Å². The average Bonchev–Trinajstić information content (AvgIpc) is 1.63. The van der Waals surface area contributed by atoms with Gasteiger partial charge in [-0.25, -0.2) is 26.9 Å². The van der Waals surface area contributed by atoms with Crippen molar-refractivity contribution in [2.24, 2.45) is 0 Å². The van der Waals surface area contributed by atoms with Crippen LogP contribution in [0.4, 0.5) is 56.1 Å². The summed E-state index contributed by atoms with van der Waals surface area (Å²) < 4.78 is 72.4.